The lowest BCUT2D eigenvalue weighted by Crippen LogP contribution is -2.29. The lowest BCUT2D eigenvalue weighted by Gasteiger charge is -2.24. The highest BCUT2D eigenvalue weighted by molar-refractivity contribution is 5.81. The molecule has 0 unspecified atom stereocenters. The average Bonchev–Trinajstić information content (AvgIpc) is 3.13. The van der Waals surface area contributed by atoms with Crippen molar-refractivity contribution in [3.05, 3.63) is 12.7 Å². The van der Waals surface area contributed by atoms with E-state index < -0.39 is 5.79 Å². The van der Waals surface area contributed by atoms with Crippen molar-refractivity contribution < 1.29 is 14.2 Å². The molecule has 23 heavy (non-hydrogen) atoms. The van der Waals surface area contributed by atoms with Crippen LogP contribution in [0.2, 0.25) is 0 Å². The standard InChI is InChI=1S/C15H21N5O3/c1-4-5-8-10-11(23-15(2,3)22-10)14(21-8)20-7-19-9-12(16)17-6-18-13(9)20/h6-8,10-11,14H,4-5H2,1-3H3,(H2,16,17,18)/t8-,10-,11-,14-/m1/s1. The van der Waals surface area contributed by atoms with Gasteiger partial charge >= 0.3 is 0 Å². The molecule has 0 radical (unpaired) electrons. The van der Waals surface area contributed by atoms with Crippen LogP contribution in [0.4, 0.5) is 5.82 Å². The second-order valence-corrected chi connectivity index (χ2v) is 6.50. The van der Waals surface area contributed by atoms with Gasteiger partial charge in [-0.25, -0.2) is 15.0 Å². The Labute approximate surface area is 134 Å². The smallest absolute Gasteiger partial charge is 0.167 e. The molecule has 124 valence electrons. The number of aromatic nitrogens is 4. The quantitative estimate of drug-likeness (QED) is 0.918. The van der Waals surface area contributed by atoms with Crippen LogP contribution in [0.3, 0.4) is 0 Å². The molecule has 0 bridgehead atoms. The van der Waals surface area contributed by atoms with Gasteiger partial charge in [0, 0.05) is 0 Å². The van der Waals surface area contributed by atoms with Crippen LogP contribution in [0.5, 0.6) is 0 Å². The molecule has 2 fully saturated rings. The van der Waals surface area contributed by atoms with E-state index in [-0.39, 0.29) is 24.5 Å². The zero-order chi connectivity index (χ0) is 16.2. The van der Waals surface area contributed by atoms with Gasteiger partial charge < -0.3 is 19.9 Å². The van der Waals surface area contributed by atoms with Crippen molar-refractivity contribution in [1.82, 2.24) is 19.5 Å². The molecule has 4 rings (SSSR count). The summed E-state index contributed by atoms with van der Waals surface area (Å²) in [5.41, 5.74) is 7.09. The minimum absolute atomic E-state index is 0.00610. The van der Waals surface area contributed by atoms with Crippen LogP contribution >= 0.6 is 0 Å². The molecule has 8 heteroatoms. The molecule has 2 N–H and O–H groups in total. The number of nitrogens with two attached hydrogens (primary N) is 1. The van der Waals surface area contributed by atoms with Crippen LogP contribution in [0, 0.1) is 0 Å². The minimum Gasteiger partial charge on any atom is -0.382 e. The Balaban J connectivity index is 1.74. The van der Waals surface area contributed by atoms with Gasteiger partial charge in [-0.2, -0.15) is 0 Å². The van der Waals surface area contributed by atoms with Gasteiger partial charge in [0.2, 0.25) is 0 Å². The molecule has 0 amide bonds. The number of anilines is 1. The van der Waals surface area contributed by atoms with Crippen LogP contribution in [-0.2, 0) is 14.2 Å². The van der Waals surface area contributed by atoms with Gasteiger partial charge in [0.25, 0.3) is 0 Å². The van der Waals surface area contributed by atoms with Crippen LogP contribution < -0.4 is 5.73 Å². The highest BCUT2D eigenvalue weighted by atomic mass is 16.8. The molecule has 0 spiro atoms. The lowest BCUT2D eigenvalue weighted by molar-refractivity contribution is -0.196. The summed E-state index contributed by atoms with van der Waals surface area (Å²) in [4.78, 5) is 12.6. The van der Waals surface area contributed by atoms with Crippen LogP contribution in [0.25, 0.3) is 11.2 Å². The summed E-state index contributed by atoms with van der Waals surface area (Å²) in [5, 5.41) is 0. The van der Waals surface area contributed by atoms with Gasteiger partial charge in [-0.3, -0.25) is 4.57 Å². The Morgan fingerprint density at radius 1 is 1.22 bits per heavy atom. The number of nitrogen functional groups attached to an aromatic ring is 1. The van der Waals surface area contributed by atoms with E-state index in [0.717, 1.165) is 12.8 Å². The number of fused-ring (bicyclic) bond motifs is 2. The molecule has 4 heterocycles. The molecule has 0 aromatic carbocycles. The van der Waals surface area contributed by atoms with E-state index in [1.807, 2.05) is 18.4 Å². The Kier molecular flexibility index (Phi) is 3.29. The van der Waals surface area contributed by atoms with Crippen LogP contribution in [-0.4, -0.2) is 43.6 Å². The van der Waals surface area contributed by atoms with Crippen molar-refractivity contribution in [3.63, 3.8) is 0 Å². The molecular formula is C15H21N5O3. The van der Waals surface area contributed by atoms with Gasteiger partial charge in [0.15, 0.2) is 23.5 Å². The number of imidazole rings is 1. The van der Waals surface area contributed by atoms with Crippen LogP contribution in [0.1, 0.15) is 39.8 Å². The molecular weight excluding hydrogens is 298 g/mol. The Morgan fingerprint density at radius 2 is 2.00 bits per heavy atom. The first-order valence-electron chi connectivity index (χ1n) is 7.94. The van der Waals surface area contributed by atoms with Gasteiger partial charge in [-0.15, -0.1) is 0 Å². The van der Waals surface area contributed by atoms with E-state index in [0.29, 0.717) is 17.0 Å². The third kappa shape index (κ3) is 2.29. The number of nitrogens with zero attached hydrogens (tertiary/aromatic N) is 4. The van der Waals surface area contributed by atoms with Crippen molar-refractivity contribution in [1.29, 1.82) is 0 Å². The topological polar surface area (TPSA) is 97.3 Å². The largest absolute Gasteiger partial charge is 0.382 e. The van der Waals surface area contributed by atoms with Crippen molar-refractivity contribution >= 4 is 17.0 Å². The molecule has 2 aromatic rings. The zero-order valence-corrected chi connectivity index (χ0v) is 13.5. The number of hydrogen-bond donors (Lipinski definition) is 1. The predicted molar refractivity (Wildman–Crippen MR) is 82.4 cm³/mol. The van der Waals surface area contributed by atoms with Gasteiger partial charge in [0.1, 0.15) is 24.1 Å². The summed E-state index contributed by atoms with van der Waals surface area (Å²) in [7, 11) is 0. The molecule has 8 nitrogen and oxygen atoms in total. The van der Waals surface area contributed by atoms with E-state index in [2.05, 4.69) is 21.9 Å². The normalized spacial score (nSPS) is 32.5. The van der Waals surface area contributed by atoms with E-state index >= 15 is 0 Å². The Bertz CT molecular complexity index is 731. The van der Waals surface area contributed by atoms with E-state index in [1.54, 1.807) is 6.33 Å². The van der Waals surface area contributed by atoms with Gasteiger partial charge in [-0.05, 0) is 20.3 Å². The fraction of sp³-hybridized carbons (Fsp3) is 0.667. The SMILES string of the molecule is CCC[C@H]1O[C@@H](n2cnc3c(N)ncnc32)[C@@H]2OC(C)(C)O[C@@H]21. The number of hydrogen-bond acceptors (Lipinski definition) is 7. The second kappa shape index (κ2) is 5.12. The first-order valence-corrected chi connectivity index (χ1v) is 7.94. The maximum absolute atomic E-state index is 6.23. The molecule has 0 saturated carbocycles. The number of ether oxygens (including phenoxy) is 3. The summed E-state index contributed by atoms with van der Waals surface area (Å²) in [5.74, 6) is -0.259. The summed E-state index contributed by atoms with van der Waals surface area (Å²) in [6.07, 6.45) is 4.42. The molecule has 2 saturated heterocycles. The molecule has 2 aliphatic rings. The monoisotopic (exact) mass is 319 g/mol. The number of rotatable bonds is 3. The summed E-state index contributed by atoms with van der Waals surface area (Å²) >= 11 is 0. The maximum Gasteiger partial charge on any atom is 0.167 e. The summed E-state index contributed by atoms with van der Waals surface area (Å²) in [6, 6.07) is 0. The molecule has 0 aliphatic carbocycles. The zero-order valence-electron chi connectivity index (χ0n) is 13.5. The fourth-order valence-corrected chi connectivity index (χ4v) is 3.46. The third-order valence-electron chi connectivity index (χ3n) is 4.36. The van der Waals surface area contributed by atoms with E-state index in [1.165, 1.54) is 6.33 Å². The second-order valence-electron chi connectivity index (χ2n) is 6.50. The summed E-state index contributed by atoms with van der Waals surface area (Å²) < 4.78 is 20.3. The van der Waals surface area contributed by atoms with Crippen molar-refractivity contribution in [2.75, 3.05) is 5.73 Å². The average molecular weight is 319 g/mol. The van der Waals surface area contributed by atoms with Gasteiger partial charge in [-0.1, -0.05) is 13.3 Å². The molecule has 2 aromatic heterocycles. The van der Waals surface area contributed by atoms with Gasteiger partial charge in [0.05, 0.1) is 12.4 Å². The van der Waals surface area contributed by atoms with Crippen molar-refractivity contribution in [2.24, 2.45) is 0 Å². The first-order chi connectivity index (χ1) is 11.0. The molecule has 4 atom stereocenters. The Hall–Kier alpha value is -1.77. The fourth-order valence-electron chi connectivity index (χ4n) is 3.46. The van der Waals surface area contributed by atoms with Crippen molar-refractivity contribution in [3.8, 4) is 0 Å². The van der Waals surface area contributed by atoms with E-state index in [9.17, 15) is 0 Å². The molecule has 2 aliphatic heterocycles. The highest BCUT2D eigenvalue weighted by Gasteiger charge is 2.55. The Morgan fingerprint density at radius 3 is 2.78 bits per heavy atom. The third-order valence-corrected chi connectivity index (χ3v) is 4.36. The highest BCUT2D eigenvalue weighted by Crippen LogP contribution is 2.44. The van der Waals surface area contributed by atoms with E-state index in [4.69, 9.17) is 19.9 Å². The van der Waals surface area contributed by atoms with Crippen molar-refractivity contribution in [2.45, 2.75) is 63.9 Å². The van der Waals surface area contributed by atoms with Crippen LogP contribution in [0.15, 0.2) is 12.7 Å². The summed E-state index contributed by atoms with van der Waals surface area (Å²) in [6.45, 7) is 5.99. The minimum atomic E-state index is -0.617. The predicted octanol–water partition coefficient (Wildman–Crippen LogP) is 1.63. The first kappa shape index (κ1) is 14.8. The maximum atomic E-state index is 6.23. The lowest BCUT2D eigenvalue weighted by atomic mass is 10.1.